The van der Waals surface area contributed by atoms with Gasteiger partial charge in [0, 0.05) is 44.3 Å². The van der Waals surface area contributed by atoms with E-state index in [0.29, 0.717) is 11.9 Å². The van der Waals surface area contributed by atoms with Crippen molar-refractivity contribution < 1.29 is 4.74 Å². The molecular formula is C19H27N5OS. The minimum absolute atomic E-state index is 0.443. The van der Waals surface area contributed by atoms with Gasteiger partial charge in [-0.25, -0.2) is 4.98 Å². The van der Waals surface area contributed by atoms with Gasteiger partial charge in [0.2, 0.25) is 0 Å². The molecule has 2 heterocycles. The fraction of sp³-hybridized carbons (Fsp3) is 0.474. The van der Waals surface area contributed by atoms with Gasteiger partial charge in [-0.05, 0) is 30.0 Å². The summed E-state index contributed by atoms with van der Waals surface area (Å²) in [4.78, 5) is 13.5. The van der Waals surface area contributed by atoms with E-state index in [-0.39, 0.29) is 0 Å². The van der Waals surface area contributed by atoms with Gasteiger partial charge in [-0.1, -0.05) is 19.1 Å². The average molecular weight is 374 g/mol. The standard InChI is InChI=1S/C19H27N5OS/c1-15(13-16-3-5-17(25-2)6-4-16)14-22-18(20)23-8-10-24(11-9-23)19-21-7-12-26-19/h3-7,12,15H,8-11,13-14H2,1-2H3,(H2,20,22). The van der Waals surface area contributed by atoms with Gasteiger partial charge in [0.05, 0.1) is 7.11 Å². The van der Waals surface area contributed by atoms with E-state index in [0.717, 1.165) is 50.0 Å². The van der Waals surface area contributed by atoms with Crippen LogP contribution >= 0.6 is 11.3 Å². The molecule has 0 saturated carbocycles. The first-order chi connectivity index (χ1) is 12.7. The van der Waals surface area contributed by atoms with Crippen LogP contribution in [0.2, 0.25) is 0 Å². The number of aliphatic imine (C=N–C) groups is 1. The van der Waals surface area contributed by atoms with Crippen molar-refractivity contribution in [3.8, 4) is 5.75 Å². The van der Waals surface area contributed by atoms with Gasteiger partial charge < -0.3 is 20.3 Å². The van der Waals surface area contributed by atoms with Gasteiger partial charge in [-0.2, -0.15) is 0 Å². The van der Waals surface area contributed by atoms with E-state index in [1.54, 1.807) is 18.4 Å². The van der Waals surface area contributed by atoms with Gasteiger partial charge in [0.15, 0.2) is 11.1 Å². The van der Waals surface area contributed by atoms with Crippen molar-refractivity contribution in [3.05, 3.63) is 41.4 Å². The minimum Gasteiger partial charge on any atom is -0.497 e. The lowest BCUT2D eigenvalue weighted by atomic mass is 10.0. The topological polar surface area (TPSA) is 67.0 Å². The maximum absolute atomic E-state index is 6.22. The molecule has 0 amide bonds. The van der Waals surface area contributed by atoms with E-state index in [4.69, 9.17) is 10.5 Å². The number of rotatable bonds is 6. The van der Waals surface area contributed by atoms with Gasteiger partial charge in [0.1, 0.15) is 5.75 Å². The average Bonchev–Trinajstić information content (AvgIpc) is 3.21. The van der Waals surface area contributed by atoms with Crippen LogP contribution in [0, 0.1) is 5.92 Å². The second-order valence-corrected chi connectivity index (χ2v) is 7.52. The molecule has 26 heavy (non-hydrogen) atoms. The lowest BCUT2D eigenvalue weighted by molar-refractivity contribution is 0.379. The van der Waals surface area contributed by atoms with Crippen molar-refractivity contribution in [1.29, 1.82) is 0 Å². The summed E-state index contributed by atoms with van der Waals surface area (Å²) in [6.45, 7) is 6.60. The summed E-state index contributed by atoms with van der Waals surface area (Å²) in [7, 11) is 1.69. The molecule has 1 aliphatic heterocycles. The van der Waals surface area contributed by atoms with E-state index >= 15 is 0 Å². The van der Waals surface area contributed by atoms with Crippen molar-refractivity contribution in [3.63, 3.8) is 0 Å². The molecule has 1 unspecified atom stereocenters. The molecule has 2 N–H and O–H groups in total. The number of hydrogen-bond donors (Lipinski definition) is 1. The highest BCUT2D eigenvalue weighted by molar-refractivity contribution is 7.13. The Kier molecular flexibility index (Phi) is 6.33. The van der Waals surface area contributed by atoms with Crippen molar-refractivity contribution in [2.75, 3.05) is 44.7 Å². The van der Waals surface area contributed by atoms with Crippen LogP contribution in [0.15, 0.2) is 40.8 Å². The predicted octanol–water partition coefficient (Wildman–Crippen LogP) is 2.47. The Hall–Kier alpha value is -2.28. The summed E-state index contributed by atoms with van der Waals surface area (Å²) in [5, 5.41) is 3.11. The van der Waals surface area contributed by atoms with Crippen LogP contribution in [0.4, 0.5) is 5.13 Å². The summed E-state index contributed by atoms with van der Waals surface area (Å²) >= 11 is 1.68. The summed E-state index contributed by atoms with van der Waals surface area (Å²) < 4.78 is 5.20. The fourth-order valence-electron chi connectivity index (χ4n) is 3.08. The molecule has 7 heteroatoms. The number of hydrogen-bond acceptors (Lipinski definition) is 5. The van der Waals surface area contributed by atoms with E-state index in [9.17, 15) is 0 Å². The fourth-order valence-corrected chi connectivity index (χ4v) is 3.77. The molecule has 1 aliphatic rings. The maximum atomic E-state index is 6.22. The molecule has 1 aromatic carbocycles. The summed E-state index contributed by atoms with van der Waals surface area (Å²) in [6, 6.07) is 8.23. The number of anilines is 1. The smallest absolute Gasteiger partial charge is 0.191 e. The molecule has 0 spiro atoms. The molecule has 0 aliphatic carbocycles. The van der Waals surface area contributed by atoms with Gasteiger partial charge in [-0.15, -0.1) is 11.3 Å². The predicted molar refractivity (Wildman–Crippen MR) is 108 cm³/mol. The third kappa shape index (κ3) is 4.88. The lowest BCUT2D eigenvalue weighted by Crippen LogP contribution is -2.51. The second-order valence-electron chi connectivity index (χ2n) is 6.65. The molecule has 1 saturated heterocycles. The zero-order valence-corrected chi connectivity index (χ0v) is 16.3. The van der Waals surface area contributed by atoms with Crippen LogP contribution in [0.25, 0.3) is 0 Å². The SMILES string of the molecule is COc1ccc(CC(C)CN=C(N)N2CCN(c3nccs3)CC2)cc1. The Morgan fingerprint density at radius 3 is 2.62 bits per heavy atom. The van der Waals surface area contributed by atoms with Crippen LogP contribution < -0.4 is 15.4 Å². The molecule has 1 atom stereocenters. The molecular weight excluding hydrogens is 346 g/mol. The number of thiazole rings is 1. The lowest BCUT2D eigenvalue weighted by Gasteiger charge is -2.35. The van der Waals surface area contributed by atoms with Crippen LogP contribution in [-0.2, 0) is 6.42 Å². The van der Waals surface area contributed by atoms with Crippen LogP contribution in [0.1, 0.15) is 12.5 Å². The van der Waals surface area contributed by atoms with Crippen molar-refractivity contribution in [2.24, 2.45) is 16.6 Å². The Morgan fingerprint density at radius 2 is 2.00 bits per heavy atom. The number of aromatic nitrogens is 1. The zero-order valence-electron chi connectivity index (χ0n) is 15.5. The van der Waals surface area contributed by atoms with E-state index < -0.39 is 0 Å². The highest BCUT2D eigenvalue weighted by Gasteiger charge is 2.19. The molecule has 140 valence electrons. The van der Waals surface area contributed by atoms with Crippen LogP contribution in [-0.4, -0.2) is 55.7 Å². The monoisotopic (exact) mass is 373 g/mol. The number of piperazine rings is 1. The highest BCUT2D eigenvalue weighted by Crippen LogP contribution is 2.19. The molecule has 0 bridgehead atoms. The van der Waals surface area contributed by atoms with Crippen molar-refractivity contribution in [2.45, 2.75) is 13.3 Å². The normalized spacial score (nSPS) is 16.6. The Labute approximate surface area is 159 Å². The van der Waals surface area contributed by atoms with E-state index in [2.05, 4.69) is 38.8 Å². The number of benzene rings is 1. The van der Waals surface area contributed by atoms with E-state index in [1.807, 2.05) is 23.7 Å². The Balaban J connectivity index is 1.45. The number of ether oxygens (including phenoxy) is 1. The first-order valence-electron chi connectivity index (χ1n) is 8.98. The minimum atomic E-state index is 0.443. The number of nitrogens with two attached hydrogens (primary N) is 1. The molecule has 1 aromatic heterocycles. The molecule has 2 aromatic rings. The third-order valence-electron chi connectivity index (χ3n) is 4.60. The summed E-state index contributed by atoms with van der Waals surface area (Å²) in [5.74, 6) is 1.99. The molecule has 6 nitrogen and oxygen atoms in total. The van der Waals surface area contributed by atoms with Crippen LogP contribution in [0.3, 0.4) is 0 Å². The molecule has 1 fully saturated rings. The second kappa shape index (κ2) is 8.89. The highest BCUT2D eigenvalue weighted by atomic mass is 32.1. The van der Waals surface area contributed by atoms with Crippen molar-refractivity contribution in [1.82, 2.24) is 9.88 Å². The maximum Gasteiger partial charge on any atom is 0.191 e. The molecule has 3 rings (SSSR count). The number of nitrogens with zero attached hydrogens (tertiary/aromatic N) is 4. The first kappa shape index (κ1) is 18.5. The number of guanidine groups is 1. The summed E-state index contributed by atoms with van der Waals surface area (Å²) in [5.41, 5.74) is 7.52. The first-order valence-corrected chi connectivity index (χ1v) is 9.86. The quantitative estimate of drug-likeness (QED) is 0.622. The van der Waals surface area contributed by atoms with Gasteiger partial charge in [-0.3, -0.25) is 4.99 Å². The summed E-state index contributed by atoms with van der Waals surface area (Å²) in [6.07, 6.45) is 2.84. The van der Waals surface area contributed by atoms with Crippen LogP contribution in [0.5, 0.6) is 5.75 Å². The largest absolute Gasteiger partial charge is 0.497 e. The third-order valence-corrected chi connectivity index (χ3v) is 5.43. The van der Waals surface area contributed by atoms with Gasteiger partial charge in [0.25, 0.3) is 0 Å². The van der Waals surface area contributed by atoms with E-state index in [1.165, 1.54) is 5.56 Å². The molecule has 0 radical (unpaired) electrons. The van der Waals surface area contributed by atoms with Crippen molar-refractivity contribution >= 4 is 22.4 Å². The zero-order chi connectivity index (χ0) is 18.4. The number of methoxy groups -OCH3 is 1. The van der Waals surface area contributed by atoms with Gasteiger partial charge >= 0.3 is 0 Å². The Bertz CT molecular complexity index is 693. The Morgan fingerprint density at radius 1 is 1.27 bits per heavy atom.